The minimum atomic E-state index is -0.317. The molecule has 0 radical (unpaired) electrons. The molecule has 5 nitrogen and oxygen atoms in total. The molecule has 0 spiro atoms. The number of hydrogen-bond acceptors (Lipinski definition) is 3. The van der Waals surface area contributed by atoms with Crippen molar-refractivity contribution in [1.82, 2.24) is 10.2 Å². The number of furan rings is 1. The van der Waals surface area contributed by atoms with Crippen molar-refractivity contribution < 1.29 is 9.21 Å². The van der Waals surface area contributed by atoms with Crippen molar-refractivity contribution in [2.75, 3.05) is 13.1 Å². The van der Waals surface area contributed by atoms with Gasteiger partial charge in [-0.25, -0.2) is 4.79 Å². The largest absolute Gasteiger partial charge is 0.468 e. The third kappa shape index (κ3) is 3.00. The zero-order chi connectivity index (χ0) is 12.3. The van der Waals surface area contributed by atoms with Crippen LogP contribution in [0.4, 0.5) is 4.79 Å². The lowest BCUT2D eigenvalue weighted by Gasteiger charge is -2.32. The molecular weight excluding hydrogens is 218 g/mol. The number of hydrogen-bond donors (Lipinski definition) is 2. The number of carbonyl (C=O) groups excluding carboxylic acids is 1. The average Bonchev–Trinajstić information content (AvgIpc) is 2.83. The summed E-state index contributed by atoms with van der Waals surface area (Å²) in [6.07, 6.45) is 3.56. The highest BCUT2D eigenvalue weighted by Gasteiger charge is 2.22. The molecule has 2 amide bonds. The van der Waals surface area contributed by atoms with E-state index >= 15 is 0 Å². The van der Waals surface area contributed by atoms with Crippen LogP contribution in [0.1, 0.15) is 31.6 Å². The lowest BCUT2D eigenvalue weighted by Crippen LogP contribution is -2.47. The fourth-order valence-electron chi connectivity index (χ4n) is 2.24. The molecule has 94 valence electrons. The number of rotatable bonds is 3. The van der Waals surface area contributed by atoms with Crippen LogP contribution in [0.15, 0.2) is 22.8 Å². The van der Waals surface area contributed by atoms with Crippen LogP contribution in [0.25, 0.3) is 0 Å². The molecule has 17 heavy (non-hydrogen) atoms. The zero-order valence-electron chi connectivity index (χ0n) is 10.1. The van der Waals surface area contributed by atoms with Gasteiger partial charge in [0.2, 0.25) is 0 Å². The molecule has 1 aromatic rings. The van der Waals surface area contributed by atoms with E-state index in [0.717, 1.165) is 31.7 Å². The first kappa shape index (κ1) is 12.0. The standard InChI is InChI=1S/C12H19N3O2/c1-9(11-3-2-8-17-11)14-10-4-6-15(7-5-10)12(13)16/h2-3,8-10,14H,4-7H2,1H3,(H2,13,16)/t9-/m0/s1. The molecule has 1 fully saturated rings. The first-order chi connectivity index (χ1) is 8.16. The minimum absolute atomic E-state index is 0.204. The highest BCUT2D eigenvalue weighted by Crippen LogP contribution is 2.17. The van der Waals surface area contributed by atoms with Gasteiger partial charge in [-0.1, -0.05) is 0 Å². The summed E-state index contributed by atoms with van der Waals surface area (Å²) in [4.78, 5) is 12.7. The number of piperidine rings is 1. The number of nitrogens with two attached hydrogens (primary N) is 1. The van der Waals surface area contributed by atoms with E-state index in [-0.39, 0.29) is 12.1 Å². The van der Waals surface area contributed by atoms with Crippen molar-refractivity contribution in [3.63, 3.8) is 0 Å². The smallest absolute Gasteiger partial charge is 0.314 e. The number of primary amides is 1. The SMILES string of the molecule is C[C@H](NC1CCN(C(N)=O)CC1)c1ccco1. The Kier molecular flexibility index (Phi) is 3.68. The molecule has 0 bridgehead atoms. The molecular formula is C12H19N3O2. The predicted molar refractivity (Wildman–Crippen MR) is 64.4 cm³/mol. The average molecular weight is 237 g/mol. The van der Waals surface area contributed by atoms with Gasteiger partial charge in [0, 0.05) is 19.1 Å². The topological polar surface area (TPSA) is 71.5 Å². The van der Waals surface area contributed by atoms with E-state index in [2.05, 4.69) is 12.2 Å². The van der Waals surface area contributed by atoms with Crippen LogP contribution in [0.2, 0.25) is 0 Å². The van der Waals surface area contributed by atoms with Crippen molar-refractivity contribution >= 4 is 6.03 Å². The predicted octanol–water partition coefficient (Wildman–Crippen LogP) is 1.47. The fraction of sp³-hybridized carbons (Fsp3) is 0.583. The molecule has 0 aliphatic carbocycles. The Hall–Kier alpha value is -1.49. The molecule has 1 aromatic heterocycles. The molecule has 1 aliphatic rings. The fourth-order valence-corrected chi connectivity index (χ4v) is 2.24. The normalized spacial score (nSPS) is 19.2. The molecule has 2 rings (SSSR count). The third-order valence-corrected chi connectivity index (χ3v) is 3.26. The Morgan fingerprint density at radius 1 is 1.59 bits per heavy atom. The summed E-state index contributed by atoms with van der Waals surface area (Å²) in [7, 11) is 0. The van der Waals surface area contributed by atoms with Gasteiger partial charge in [-0.3, -0.25) is 0 Å². The Balaban J connectivity index is 1.80. The Morgan fingerprint density at radius 2 is 2.29 bits per heavy atom. The highest BCUT2D eigenvalue weighted by atomic mass is 16.3. The molecule has 1 aliphatic heterocycles. The number of likely N-dealkylation sites (tertiary alicyclic amines) is 1. The van der Waals surface area contributed by atoms with Crippen LogP contribution in [0.5, 0.6) is 0 Å². The number of amides is 2. The summed E-state index contributed by atoms with van der Waals surface area (Å²) >= 11 is 0. The summed E-state index contributed by atoms with van der Waals surface area (Å²) in [5.74, 6) is 0.947. The summed E-state index contributed by atoms with van der Waals surface area (Å²) in [6, 6.07) is 4.17. The second-order valence-corrected chi connectivity index (χ2v) is 4.50. The van der Waals surface area contributed by atoms with E-state index in [1.54, 1.807) is 11.2 Å². The third-order valence-electron chi connectivity index (χ3n) is 3.26. The van der Waals surface area contributed by atoms with Crippen molar-refractivity contribution in [2.45, 2.75) is 31.8 Å². The molecule has 5 heteroatoms. The van der Waals surface area contributed by atoms with Crippen LogP contribution in [0.3, 0.4) is 0 Å². The van der Waals surface area contributed by atoms with E-state index in [1.807, 2.05) is 12.1 Å². The van der Waals surface area contributed by atoms with Crippen LogP contribution < -0.4 is 11.1 Å². The van der Waals surface area contributed by atoms with Crippen LogP contribution in [-0.4, -0.2) is 30.1 Å². The second kappa shape index (κ2) is 5.23. The maximum absolute atomic E-state index is 11.0. The number of urea groups is 1. The quantitative estimate of drug-likeness (QED) is 0.836. The molecule has 1 saturated heterocycles. The van der Waals surface area contributed by atoms with Crippen LogP contribution in [-0.2, 0) is 0 Å². The molecule has 0 unspecified atom stereocenters. The van der Waals surface area contributed by atoms with Crippen molar-refractivity contribution in [3.05, 3.63) is 24.2 Å². The molecule has 1 atom stereocenters. The first-order valence-corrected chi connectivity index (χ1v) is 6.00. The van der Waals surface area contributed by atoms with Gasteiger partial charge in [0.15, 0.2) is 0 Å². The lowest BCUT2D eigenvalue weighted by atomic mass is 10.0. The molecule has 0 saturated carbocycles. The van der Waals surface area contributed by atoms with Gasteiger partial charge in [-0.05, 0) is 31.9 Å². The minimum Gasteiger partial charge on any atom is -0.468 e. The van der Waals surface area contributed by atoms with Gasteiger partial charge in [-0.15, -0.1) is 0 Å². The maximum Gasteiger partial charge on any atom is 0.314 e. The van der Waals surface area contributed by atoms with Gasteiger partial charge < -0.3 is 20.4 Å². The van der Waals surface area contributed by atoms with Gasteiger partial charge in [-0.2, -0.15) is 0 Å². The van der Waals surface area contributed by atoms with Crippen LogP contribution >= 0.6 is 0 Å². The first-order valence-electron chi connectivity index (χ1n) is 6.00. The van der Waals surface area contributed by atoms with Gasteiger partial charge in [0.05, 0.1) is 12.3 Å². The monoisotopic (exact) mass is 237 g/mol. The molecule has 3 N–H and O–H groups in total. The zero-order valence-corrected chi connectivity index (χ0v) is 10.1. The number of nitrogens with one attached hydrogen (secondary N) is 1. The molecule has 2 heterocycles. The van der Waals surface area contributed by atoms with Crippen LogP contribution in [0, 0.1) is 0 Å². The highest BCUT2D eigenvalue weighted by molar-refractivity contribution is 5.72. The number of carbonyl (C=O) groups is 1. The lowest BCUT2D eigenvalue weighted by molar-refractivity contribution is 0.181. The summed E-state index contributed by atoms with van der Waals surface area (Å²) in [6.45, 7) is 3.55. The van der Waals surface area contributed by atoms with E-state index in [0.29, 0.717) is 6.04 Å². The van der Waals surface area contributed by atoms with E-state index in [4.69, 9.17) is 10.2 Å². The van der Waals surface area contributed by atoms with Crippen molar-refractivity contribution in [1.29, 1.82) is 0 Å². The van der Waals surface area contributed by atoms with E-state index in [1.165, 1.54) is 0 Å². The Bertz CT molecular complexity index is 356. The summed E-state index contributed by atoms with van der Waals surface area (Å²) in [5, 5.41) is 3.51. The maximum atomic E-state index is 11.0. The second-order valence-electron chi connectivity index (χ2n) is 4.50. The van der Waals surface area contributed by atoms with Gasteiger partial charge in [0.25, 0.3) is 0 Å². The van der Waals surface area contributed by atoms with Crippen molar-refractivity contribution in [2.24, 2.45) is 5.73 Å². The summed E-state index contributed by atoms with van der Waals surface area (Å²) < 4.78 is 5.35. The van der Waals surface area contributed by atoms with E-state index < -0.39 is 0 Å². The van der Waals surface area contributed by atoms with Gasteiger partial charge in [0.1, 0.15) is 5.76 Å². The Morgan fingerprint density at radius 3 is 2.82 bits per heavy atom. The van der Waals surface area contributed by atoms with Crippen molar-refractivity contribution in [3.8, 4) is 0 Å². The van der Waals surface area contributed by atoms with Gasteiger partial charge >= 0.3 is 6.03 Å². The number of nitrogens with zero attached hydrogens (tertiary/aromatic N) is 1. The van der Waals surface area contributed by atoms with E-state index in [9.17, 15) is 4.79 Å². The Labute approximate surface area is 101 Å². The summed E-state index contributed by atoms with van der Waals surface area (Å²) in [5.41, 5.74) is 5.24. The molecule has 0 aromatic carbocycles.